The van der Waals surface area contributed by atoms with E-state index in [0.717, 1.165) is 16.0 Å². The number of fused-ring (bicyclic) bond motifs is 1. The van der Waals surface area contributed by atoms with E-state index in [-0.39, 0.29) is 6.04 Å². The lowest BCUT2D eigenvalue weighted by Gasteiger charge is -2.15. The summed E-state index contributed by atoms with van der Waals surface area (Å²) in [4.78, 5) is 0. The largest absolute Gasteiger partial charge is 0.497 e. The Hall–Kier alpha value is -0.740. The minimum atomic E-state index is 0.251. The van der Waals surface area contributed by atoms with E-state index < -0.39 is 0 Å². The Bertz CT molecular complexity index is 393. The first-order valence-corrected chi connectivity index (χ1v) is 6.17. The lowest BCUT2D eigenvalue weighted by atomic mass is 10.1. The molecule has 0 amide bonds. The number of rotatable bonds is 3. The molecular formula is C12H16BrNO2. The average Bonchev–Trinajstić information content (AvgIpc) is 2.61. The Labute approximate surface area is 104 Å². The number of halogens is 1. The summed E-state index contributed by atoms with van der Waals surface area (Å²) in [5.41, 5.74) is 1.17. The summed E-state index contributed by atoms with van der Waals surface area (Å²) in [5, 5.41) is 3.48. The van der Waals surface area contributed by atoms with Crippen molar-refractivity contribution < 1.29 is 9.47 Å². The molecule has 4 heteroatoms. The second kappa shape index (κ2) is 4.63. The van der Waals surface area contributed by atoms with Crippen molar-refractivity contribution in [1.82, 2.24) is 5.32 Å². The van der Waals surface area contributed by atoms with Gasteiger partial charge in [-0.2, -0.15) is 0 Å². The Morgan fingerprint density at radius 3 is 2.88 bits per heavy atom. The van der Waals surface area contributed by atoms with Crippen molar-refractivity contribution in [3.63, 3.8) is 0 Å². The SMILES string of the molecule is COc1cc(Br)c2c(c1)C(NC(C)C)CO2. The van der Waals surface area contributed by atoms with Crippen LogP contribution in [-0.4, -0.2) is 19.8 Å². The zero-order chi connectivity index (χ0) is 11.7. The molecule has 0 aromatic heterocycles. The highest BCUT2D eigenvalue weighted by Crippen LogP contribution is 2.41. The number of methoxy groups -OCH3 is 1. The summed E-state index contributed by atoms with van der Waals surface area (Å²) >= 11 is 3.50. The summed E-state index contributed by atoms with van der Waals surface area (Å²) < 4.78 is 11.9. The van der Waals surface area contributed by atoms with Gasteiger partial charge in [-0.25, -0.2) is 0 Å². The molecule has 0 saturated carbocycles. The molecule has 16 heavy (non-hydrogen) atoms. The summed E-state index contributed by atoms with van der Waals surface area (Å²) in [6.07, 6.45) is 0. The van der Waals surface area contributed by atoms with Crippen molar-refractivity contribution in [3.05, 3.63) is 22.2 Å². The van der Waals surface area contributed by atoms with E-state index in [1.807, 2.05) is 12.1 Å². The average molecular weight is 286 g/mol. The van der Waals surface area contributed by atoms with Gasteiger partial charge in [0, 0.05) is 11.6 Å². The second-order valence-corrected chi connectivity index (χ2v) is 5.07. The lowest BCUT2D eigenvalue weighted by molar-refractivity contribution is 0.302. The number of hydrogen-bond acceptors (Lipinski definition) is 3. The molecule has 1 aliphatic rings. The Kier molecular flexibility index (Phi) is 3.40. The van der Waals surface area contributed by atoms with Crippen molar-refractivity contribution in [2.75, 3.05) is 13.7 Å². The van der Waals surface area contributed by atoms with E-state index >= 15 is 0 Å². The number of nitrogens with one attached hydrogen (secondary N) is 1. The third-order valence-corrected chi connectivity index (χ3v) is 3.17. The molecule has 88 valence electrons. The van der Waals surface area contributed by atoms with Gasteiger partial charge in [0.15, 0.2) is 0 Å². The standard InChI is InChI=1S/C12H16BrNO2/c1-7(2)14-11-6-16-12-9(11)4-8(15-3)5-10(12)13/h4-5,7,11,14H,6H2,1-3H3. The minimum Gasteiger partial charge on any atom is -0.497 e. The van der Waals surface area contributed by atoms with Crippen LogP contribution in [0.2, 0.25) is 0 Å². The van der Waals surface area contributed by atoms with Crippen LogP contribution in [0.4, 0.5) is 0 Å². The first kappa shape index (κ1) is 11.7. The van der Waals surface area contributed by atoms with E-state index in [2.05, 4.69) is 35.1 Å². The number of hydrogen-bond donors (Lipinski definition) is 1. The fourth-order valence-corrected chi connectivity index (χ4v) is 2.48. The van der Waals surface area contributed by atoms with Crippen LogP contribution in [0.3, 0.4) is 0 Å². The molecule has 2 rings (SSSR count). The molecule has 1 atom stereocenters. The maximum Gasteiger partial charge on any atom is 0.138 e. The van der Waals surface area contributed by atoms with Crippen molar-refractivity contribution in [2.24, 2.45) is 0 Å². The summed E-state index contributed by atoms with van der Waals surface area (Å²) in [7, 11) is 1.68. The highest BCUT2D eigenvalue weighted by atomic mass is 79.9. The van der Waals surface area contributed by atoms with Gasteiger partial charge in [0.1, 0.15) is 18.1 Å². The predicted octanol–water partition coefficient (Wildman–Crippen LogP) is 2.89. The molecule has 1 unspecified atom stereocenters. The van der Waals surface area contributed by atoms with Gasteiger partial charge in [-0.3, -0.25) is 0 Å². The van der Waals surface area contributed by atoms with Gasteiger partial charge in [0.05, 0.1) is 17.6 Å². The molecule has 1 heterocycles. The summed E-state index contributed by atoms with van der Waals surface area (Å²) in [6, 6.07) is 4.65. The Balaban J connectivity index is 2.33. The summed E-state index contributed by atoms with van der Waals surface area (Å²) in [6.45, 7) is 4.94. The third-order valence-electron chi connectivity index (χ3n) is 2.59. The van der Waals surface area contributed by atoms with Crippen molar-refractivity contribution in [2.45, 2.75) is 25.9 Å². The maximum atomic E-state index is 5.68. The molecule has 0 saturated heterocycles. The van der Waals surface area contributed by atoms with E-state index in [1.54, 1.807) is 7.11 Å². The monoisotopic (exact) mass is 285 g/mol. The van der Waals surface area contributed by atoms with Crippen LogP contribution >= 0.6 is 15.9 Å². The minimum absolute atomic E-state index is 0.251. The van der Waals surface area contributed by atoms with Crippen LogP contribution in [0.5, 0.6) is 11.5 Å². The molecular weight excluding hydrogens is 270 g/mol. The molecule has 1 N–H and O–H groups in total. The lowest BCUT2D eigenvalue weighted by Crippen LogP contribution is -2.28. The predicted molar refractivity (Wildman–Crippen MR) is 67.2 cm³/mol. The van der Waals surface area contributed by atoms with Gasteiger partial charge in [-0.15, -0.1) is 0 Å². The van der Waals surface area contributed by atoms with Gasteiger partial charge in [-0.05, 0) is 28.1 Å². The van der Waals surface area contributed by atoms with Crippen molar-refractivity contribution in [1.29, 1.82) is 0 Å². The van der Waals surface area contributed by atoms with Crippen LogP contribution in [0.1, 0.15) is 25.5 Å². The molecule has 0 fully saturated rings. The van der Waals surface area contributed by atoms with Crippen LogP contribution in [0.15, 0.2) is 16.6 Å². The zero-order valence-corrected chi connectivity index (χ0v) is 11.3. The highest BCUT2D eigenvalue weighted by Gasteiger charge is 2.27. The van der Waals surface area contributed by atoms with E-state index in [1.165, 1.54) is 5.56 Å². The first-order valence-electron chi connectivity index (χ1n) is 5.38. The molecule has 1 aromatic carbocycles. The van der Waals surface area contributed by atoms with E-state index in [9.17, 15) is 0 Å². The summed E-state index contributed by atoms with van der Waals surface area (Å²) in [5.74, 6) is 1.78. The molecule has 0 bridgehead atoms. The Morgan fingerprint density at radius 2 is 2.25 bits per heavy atom. The molecule has 0 spiro atoms. The van der Waals surface area contributed by atoms with Crippen LogP contribution in [0.25, 0.3) is 0 Å². The maximum absolute atomic E-state index is 5.68. The van der Waals surface area contributed by atoms with E-state index in [4.69, 9.17) is 9.47 Å². The zero-order valence-electron chi connectivity index (χ0n) is 9.71. The smallest absolute Gasteiger partial charge is 0.138 e. The van der Waals surface area contributed by atoms with Gasteiger partial charge in [0.2, 0.25) is 0 Å². The fraction of sp³-hybridized carbons (Fsp3) is 0.500. The molecule has 3 nitrogen and oxygen atoms in total. The first-order chi connectivity index (χ1) is 7.61. The topological polar surface area (TPSA) is 30.5 Å². The second-order valence-electron chi connectivity index (χ2n) is 4.21. The quantitative estimate of drug-likeness (QED) is 0.926. The van der Waals surface area contributed by atoms with Crippen LogP contribution in [-0.2, 0) is 0 Å². The number of benzene rings is 1. The van der Waals surface area contributed by atoms with Crippen LogP contribution in [0, 0.1) is 0 Å². The van der Waals surface area contributed by atoms with Crippen molar-refractivity contribution in [3.8, 4) is 11.5 Å². The van der Waals surface area contributed by atoms with Gasteiger partial charge in [0.25, 0.3) is 0 Å². The normalized spacial score (nSPS) is 18.4. The number of ether oxygens (including phenoxy) is 2. The van der Waals surface area contributed by atoms with Gasteiger partial charge >= 0.3 is 0 Å². The van der Waals surface area contributed by atoms with E-state index in [0.29, 0.717) is 12.6 Å². The van der Waals surface area contributed by atoms with Crippen LogP contribution < -0.4 is 14.8 Å². The van der Waals surface area contributed by atoms with Gasteiger partial charge in [-0.1, -0.05) is 13.8 Å². The fourth-order valence-electron chi connectivity index (χ4n) is 1.91. The highest BCUT2D eigenvalue weighted by molar-refractivity contribution is 9.10. The van der Waals surface area contributed by atoms with Gasteiger partial charge < -0.3 is 14.8 Å². The molecule has 0 aliphatic carbocycles. The van der Waals surface area contributed by atoms with Crippen molar-refractivity contribution >= 4 is 15.9 Å². The molecule has 1 aliphatic heterocycles. The molecule has 1 aromatic rings. The molecule has 0 radical (unpaired) electrons. The Morgan fingerprint density at radius 1 is 1.50 bits per heavy atom. The third kappa shape index (κ3) is 2.18.